The number of hydrogen-bond acceptors (Lipinski definition) is 3. The Bertz CT molecular complexity index is 550. The van der Waals surface area contributed by atoms with Crippen LogP contribution in [-0.4, -0.2) is 35.9 Å². The van der Waals surface area contributed by atoms with Crippen LogP contribution in [0.15, 0.2) is 24.3 Å². The number of benzene rings is 1. The third-order valence-electron chi connectivity index (χ3n) is 3.89. The normalized spacial score (nSPS) is 14.6. The van der Waals surface area contributed by atoms with Crippen LogP contribution in [0.3, 0.4) is 0 Å². The number of imidazole rings is 1. The number of hydrogen-bond donors (Lipinski definition) is 1. The molecule has 0 fully saturated rings. The number of rotatable bonds is 7. The van der Waals surface area contributed by atoms with E-state index in [4.69, 9.17) is 9.72 Å². The van der Waals surface area contributed by atoms with E-state index in [1.807, 2.05) is 13.1 Å². The summed E-state index contributed by atoms with van der Waals surface area (Å²) >= 11 is 0. The van der Waals surface area contributed by atoms with Crippen LogP contribution < -0.4 is 5.32 Å². The first-order chi connectivity index (χ1) is 9.71. The molecule has 0 bridgehead atoms. The summed E-state index contributed by atoms with van der Waals surface area (Å²) < 4.78 is 7.79. The molecule has 0 amide bonds. The number of methoxy groups -OCH3 is 1. The van der Waals surface area contributed by atoms with E-state index in [0.717, 1.165) is 30.7 Å². The molecule has 1 aromatic heterocycles. The first-order valence-corrected chi connectivity index (χ1v) is 7.35. The Balaban J connectivity index is 2.34. The molecule has 1 aromatic carbocycles. The van der Waals surface area contributed by atoms with E-state index in [-0.39, 0.29) is 12.1 Å². The Morgan fingerprint density at radius 1 is 1.35 bits per heavy atom. The quantitative estimate of drug-likeness (QED) is 0.844. The molecular weight excluding hydrogens is 250 g/mol. The zero-order valence-electron chi connectivity index (χ0n) is 12.9. The van der Waals surface area contributed by atoms with Gasteiger partial charge in [0, 0.05) is 26.1 Å². The van der Waals surface area contributed by atoms with Crippen LogP contribution in [-0.2, 0) is 17.7 Å². The van der Waals surface area contributed by atoms with Crippen molar-refractivity contribution in [3.8, 4) is 0 Å². The number of nitrogens with one attached hydrogen (secondary N) is 1. The highest BCUT2D eigenvalue weighted by molar-refractivity contribution is 5.75. The van der Waals surface area contributed by atoms with E-state index >= 15 is 0 Å². The predicted molar refractivity (Wildman–Crippen MR) is 83.0 cm³/mol. The molecule has 0 radical (unpaired) electrons. The van der Waals surface area contributed by atoms with Gasteiger partial charge in [-0.3, -0.25) is 0 Å². The number of aromatic nitrogens is 2. The van der Waals surface area contributed by atoms with Crippen LogP contribution in [0, 0.1) is 0 Å². The minimum absolute atomic E-state index is 0.162. The smallest absolute Gasteiger partial charge is 0.111 e. The summed E-state index contributed by atoms with van der Waals surface area (Å²) in [7, 11) is 3.73. The molecule has 0 saturated carbocycles. The Hall–Kier alpha value is -1.39. The van der Waals surface area contributed by atoms with E-state index in [1.54, 1.807) is 7.11 Å². The van der Waals surface area contributed by atoms with Crippen LogP contribution in [0.4, 0.5) is 0 Å². The molecule has 1 N–H and O–H groups in total. The maximum absolute atomic E-state index is 5.45. The second-order valence-electron chi connectivity index (χ2n) is 5.21. The molecule has 2 rings (SSSR count). The monoisotopic (exact) mass is 275 g/mol. The molecule has 1 heterocycles. The molecule has 2 atom stereocenters. The molecule has 20 heavy (non-hydrogen) atoms. The molecule has 2 unspecified atom stereocenters. The van der Waals surface area contributed by atoms with Gasteiger partial charge in [0.25, 0.3) is 0 Å². The van der Waals surface area contributed by atoms with Crippen molar-refractivity contribution >= 4 is 11.0 Å². The summed E-state index contributed by atoms with van der Waals surface area (Å²) in [6.45, 7) is 5.30. The van der Waals surface area contributed by atoms with Crippen LogP contribution in [0.5, 0.6) is 0 Å². The molecule has 0 spiro atoms. The van der Waals surface area contributed by atoms with Crippen molar-refractivity contribution in [2.24, 2.45) is 0 Å². The van der Waals surface area contributed by atoms with Crippen molar-refractivity contribution in [2.45, 2.75) is 45.4 Å². The Morgan fingerprint density at radius 3 is 2.75 bits per heavy atom. The molecule has 0 aliphatic carbocycles. The highest BCUT2D eigenvalue weighted by Crippen LogP contribution is 2.18. The number of ether oxygens (including phenoxy) is 1. The molecule has 2 aromatic rings. The van der Waals surface area contributed by atoms with Crippen LogP contribution in [0.1, 0.15) is 26.1 Å². The highest BCUT2D eigenvalue weighted by atomic mass is 16.5. The molecule has 0 aliphatic rings. The van der Waals surface area contributed by atoms with E-state index in [2.05, 4.69) is 41.9 Å². The molecule has 0 aliphatic heterocycles. The molecule has 110 valence electrons. The van der Waals surface area contributed by atoms with Gasteiger partial charge in [-0.1, -0.05) is 19.1 Å². The van der Waals surface area contributed by atoms with Crippen molar-refractivity contribution in [1.29, 1.82) is 0 Å². The summed E-state index contributed by atoms with van der Waals surface area (Å²) in [5.74, 6) is 1.14. The lowest BCUT2D eigenvalue weighted by atomic mass is 10.1. The lowest BCUT2D eigenvalue weighted by molar-refractivity contribution is 0.0848. The number of nitrogens with zero attached hydrogens (tertiary/aromatic N) is 2. The van der Waals surface area contributed by atoms with Crippen molar-refractivity contribution in [1.82, 2.24) is 14.9 Å². The van der Waals surface area contributed by atoms with Crippen molar-refractivity contribution in [3.05, 3.63) is 30.1 Å². The number of fused-ring (bicyclic) bond motifs is 1. The fourth-order valence-corrected chi connectivity index (χ4v) is 2.62. The standard InChI is InChI=1S/C16H25N3O/c1-5-10-19-15-9-7-6-8-13(15)18-16(19)11-14(17-3)12(2)20-4/h6-9,12,14,17H,5,10-11H2,1-4H3. The van der Waals surface area contributed by atoms with Gasteiger partial charge < -0.3 is 14.6 Å². The Labute approximate surface area is 121 Å². The fraction of sp³-hybridized carbons (Fsp3) is 0.562. The summed E-state index contributed by atoms with van der Waals surface area (Å²) in [5.41, 5.74) is 2.31. The van der Waals surface area contributed by atoms with Crippen molar-refractivity contribution < 1.29 is 4.74 Å². The van der Waals surface area contributed by atoms with E-state index in [0.29, 0.717) is 0 Å². The van der Waals surface area contributed by atoms with Crippen LogP contribution in [0.25, 0.3) is 11.0 Å². The largest absolute Gasteiger partial charge is 0.380 e. The Kier molecular flexibility index (Phi) is 5.15. The van der Waals surface area contributed by atoms with Crippen LogP contribution >= 0.6 is 0 Å². The predicted octanol–water partition coefficient (Wildman–Crippen LogP) is 2.61. The van der Waals surface area contributed by atoms with Gasteiger partial charge in [-0.25, -0.2) is 4.98 Å². The third-order valence-corrected chi connectivity index (χ3v) is 3.89. The molecule has 0 saturated heterocycles. The second kappa shape index (κ2) is 6.86. The zero-order chi connectivity index (χ0) is 14.5. The Morgan fingerprint density at radius 2 is 2.10 bits per heavy atom. The van der Waals surface area contributed by atoms with E-state index < -0.39 is 0 Å². The molecule has 4 nitrogen and oxygen atoms in total. The van der Waals surface area contributed by atoms with Crippen molar-refractivity contribution in [3.63, 3.8) is 0 Å². The first-order valence-electron chi connectivity index (χ1n) is 7.35. The van der Waals surface area contributed by atoms with Gasteiger partial charge in [0.2, 0.25) is 0 Å². The number of likely N-dealkylation sites (N-methyl/N-ethyl adjacent to an activating group) is 1. The van der Waals surface area contributed by atoms with Gasteiger partial charge in [-0.05, 0) is 32.5 Å². The number of aryl methyl sites for hydroxylation is 1. The van der Waals surface area contributed by atoms with Gasteiger partial charge in [-0.2, -0.15) is 0 Å². The van der Waals surface area contributed by atoms with E-state index in [1.165, 1.54) is 5.52 Å². The van der Waals surface area contributed by atoms with Gasteiger partial charge in [0.05, 0.1) is 17.1 Å². The molecular formula is C16H25N3O. The zero-order valence-corrected chi connectivity index (χ0v) is 12.9. The summed E-state index contributed by atoms with van der Waals surface area (Å²) in [4.78, 5) is 4.80. The SMILES string of the molecule is CCCn1c(CC(NC)C(C)OC)nc2ccccc21. The first kappa shape index (κ1) is 15.0. The maximum Gasteiger partial charge on any atom is 0.111 e. The van der Waals surface area contributed by atoms with Gasteiger partial charge in [-0.15, -0.1) is 0 Å². The maximum atomic E-state index is 5.45. The summed E-state index contributed by atoms with van der Waals surface area (Å²) in [6, 6.07) is 8.62. The lowest BCUT2D eigenvalue weighted by Gasteiger charge is -2.22. The minimum atomic E-state index is 0.162. The molecule has 4 heteroatoms. The fourth-order valence-electron chi connectivity index (χ4n) is 2.62. The topological polar surface area (TPSA) is 39.1 Å². The van der Waals surface area contributed by atoms with Crippen LogP contribution in [0.2, 0.25) is 0 Å². The lowest BCUT2D eigenvalue weighted by Crippen LogP contribution is -2.39. The summed E-state index contributed by atoms with van der Waals surface area (Å²) in [6.07, 6.45) is 2.15. The second-order valence-corrected chi connectivity index (χ2v) is 5.21. The summed E-state index contributed by atoms with van der Waals surface area (Å²) in [5, 5.41) is 3.34. The van der Waals surface area contributed by atoms with Gasteiger partial charge in [0.15, 0.2) is 0 Å². The average Bonchev–Trinajstić information content (AvgIpc) is 2.82. The highest BCUT2D eigenvalue weighted by Gasteiger charge is 2.19. The minimum Gasteiger partial charge on any atom is -0.380 e. The van der Waals surface area contributed by atoms with Crippen molar-refractivity contribution in [2.75, 3.05) is 14.2 Å². The van der Waals surface area contributed by atoms with Gasteiger partial charge in [0.1, 0.15) is 5.82 Å². The van der Waals surface area contributed by atoms with Gasteiger partial charge >= 0.3 is 0 Å². The number of para-hydroxylation sites is 2. The van der Waals surface area contributed by atoms with E-state index in [9.17, 15) is 0 Å². The third kappa shape index (κ3) is 3.02. The average molecular weight is 275 g/mol.